The third kappa shape index (κ3) is 8.78. The molecule has 0 N–H and O–H groups in total. The van der Waals surface area contributed by atoms with Gasteiger partial charge in [-0.1, -0.05) is 243 Å². The molecule has 81 heavy (non-hydrogen) atoms. The highest BCUT2D eigenvalue weighted by Gasteiger charge is 2.47. The fourth-order valence-corrected chi connectivity index (χ4v) is 19.3. The molecular weight excluding hydrogens is 1020 g/mol. The zero-order valence-electron chi connectivity index (χ0n) is 44.0. The lowest BCUT2D eigenvalue weighted by Gasteiger charge is -2.36. The van der Waals surface area contributed by atoms with Gasteiger partial charge in [0.1, 0.15) is 34.5 Å². The third-order valence-corrected chi connectivity index (χ3v) is 23.1. The fourth-order valence-electron chi connectivity index (χ4n) is 11.6. The van der Waals surface area contributed by atoms with Crippen LogP contribution in [0.1, 0.15) is 0 Å². The Morgan fingerprint density at radius 1 is 0.358 bits per heavy atom. The van der Waals surface area contributed by atoms with Crippen molar-refractivity contribution >= 4 is 80.6 Å². The standard InChI is InChI=1S/C72H52N4O3Si2/c1-7-29-57(30-8-1)80(58-31-9-2-10-32-58,59-33-11-3-12-34-59)78-69-45-26-46-70(79-81(60-35-13-4-14-36-60,61-37-15-5-16-38-61)62-39-17-6-18-40-62)72(69)75-53-74(66-43-21-22-44-67(66)75)54-27-25-28-55(51-54)77-56-48-49-64-63-41-19-20-42-65(63)76(68(64)52-56)71-47-23-24-50-73-71/h1-52H. The molecule has 11 aromatic carbocycles. The molecule has 0 spiro atoms. The molecule has 9 heteroatoms. The number of hydrogen-bond acceptors (Lipinski definition) is 4. The number of ether oxygens (including phenoxy) is 1. The van der Waals surface area contributed by atoms with Crippen LogP contribution in [0.5, 0.6) is 23.0 Å². The largest absolute Gasteiger partial charge is 0.533 e. The quantitative estimate of drug-likeness (QED) is 0.0444. The smallest absolute Gasteiger partial charge is 0.346 e. The first-order valence-corrected chi connectivity index (χ1v) is 31.0. The van der Waals surface area contributed by atoms with Crippen molar-refractivity contribution in [1.29, 1.82) is 0 Å². The van der Waals surface area contributed by atoms with Gasteiger partial charge in [0, 0.05) is 23.0 Å². The van der Waals surface area contributed by atoms with Crippen LogP contribution in [0, 0.1) is 6.33 Å². The molecule has 0 aliphatic heterocycles. The minimum absolute atomic E-state index is 0.646. The van der Waals surface area contributed by atoms with Crippen LogP contribution in [-0.2, 0) is 0 Å². The average molecular weight is 1080 g/mol. The van der Waals surface area contributed by atoms with Gasteiger partial charge in [-0.15, -0.1) is 0 Å². The van der Waals surface area contributed by atoms with Crippen LogP contribution in [0.2, 0.25) is 0 Å². The topological polar surface area (TPSA) is 54.3 Å². The van der Waals surface area contributed by atoms with E-state index in [1.807, 2.05) is 42.6 Å². The van der Waals surface area contributed by atoms with Crippen LogP contribution >= 0.6 is 0 Å². The Balaban J connectivity index is 0.976. The molecule has 14 aromatic rings. The summed E-state index contributed by atoms with van der Waals surface area (Å²) in [6, 6.07) is 108. The lowest BCUT2D eigenvalue weighted by atomic mass is 10.1. The molecule has 386 valence electrons. The summed E-state index contributed by atoms with van der Waals surface area (Å²) in [6.45, 7) is 0. The average Bonchev–Trinajstić information content (AvgIpc) is 4.19. The minimum atomic E-state index is -3.42. The molecule has 3 aromatic heterocycles. The zero-order valence-corrected chi connectivity index (χ0v) is 46.0. The van der Waals surface area contributed by atoms with Gasteiger partial charge in [-0.3, -0.25) is 13.7 Å². The monoisotopic (exact) mass is 1080 g/mol. The van der Waals surface area contributed by atoms with Crippen LogP contribution in [0.15, 0.2) is 316 Å². The molecule has 0 aliphatic carbocycles. The van der Waals surface area contributed by atoms with Gasteiger partial charge in [0.15, 0.2) is 0 Å². The predicted octanol–water partition coefficient (Wildman–Crippen LogP) is 12.1. The van der Waals surface area contributed by atoms with Crippen molar-refractivity contribution in [2.45, 2.75) is 0 Å². The van der Waals surface area contributed by atoms with Gasteiger partial charge < -0.3 is 13.6 Å². The fraction of sp³-hybridized carbons (Fsp3) is 0. The van der Waals surface area contributed by atoms with E-state index in [0.717, 1.165) is 81.2 Å². The summed E-state index contributed by atoms with van der Waals surface area (Å²) < 4.78 is 29.6. The highest BCUT2D eigenvalue weighted by Crippen LogP contribution is 2.37. The van der Waals surface area contributed by atoms with Gasteiger partial charge in [-0.2, -0.15) is 0 Å². The highest BCUT2D eigenvalue weighted by molar-refractivity contribution is 7.08. The third-order valence-electron chi connectivity index (χ3n) is 15.2. The molecule has 0 bridgehead atoms. The number of pyridine rings is 1. The van der Waals surface area contributed by atoms with E-state index in [-0.39, 0.29) is 0 Å². The zero-order chi connectivity index (χ0) is 54.0. The first-order valence-electron chi connectivity index (χ1n) is 27.2. The second-order valence-electron chi connectivity index (χ2n) is 19.9. The maximum Gasteiger partial charge on any atom is 0.346 e. The van der Waals surface area contributed by atoms with Crippen molar-refractivity contribution in [3.8, 4) is 40.2 Å². The van der Waals surface area contributed by atoms with Crippen molar-refractivity contribution in [2.24, 2.45) is 0 Å². The molecule has 0 saturated heterocycles. The summed E-state index contributed by atoms with van der Waals surface area (Å²) in [6.07, 6.45) is 5.74. The molecule has 0 amide bonds. The van der Waals surface area contributed by atoms with Crippen molar-refractivity contribution in [3.63, 3.8) is 0 Å². The van der Waals surface area contributed by atoms with E-state index in [4.69, 9.17) is 18.6 Å². The van der Waals surface area contributed by atoms with Crippen LogP contribution < -0.4 is 49.3 Å². The summed E-state index contributed by atoms with van der Waals surface area (Å²) in [5, 5.41) is 8.89. The summed E-state index contributed by atoms with van der Waals surface area (Å²) in [5.74, 6) is 3.51. The molecule has 7 nitrogen and oxygen atoms in total. The van der Waals surface area contributed by atoms with Gasteiger partial charge >= 0.3 is 16.6 Å². The number of benzene rings is 11. The Hall–Kier alpha value is -10.3. The molecule has 3 heterocycles. The molecule has 0 fully saturated rings. The highest BCUT2D eigenvalue weighted by atomic mass is 28.4. The Bertz CT molecular complexity index is 4150. The second kappa shape index (κ2) is 21.1. The molecular formula is C72H52N4O3Si2. The van der Waals surface area contributed by atoms with Gasteiger partial charge in [0.05, 0.1) is 27.8 Å². The first kappa shape index (κ1) is 49.0. The van der Waals surface area contributed by atoms with E-state index >= 15 is 0 Å². The lowest BCUT2D eigenvalue weighted by molar-refractivity contribution is -0.573. The van der Waals surface area contributed by atoms with E-state index in [1.54, 1.807) is 0 Å². The van der Waals surface area contributed by atoms with Crippen LogP contribution in [0.3, 0.4) is 0 Å². The summed E-state index contributed by atoms with van der Waals surface area (Å²) >= 11 is 0. The van der Waals surface area contributed by atoms with E-state index in [9.17, 15) is 0 Å². The number of fused-ring (bicyclic) bond motifs is 4. The minimum Gasteiger partial charge on any atom is -0.533 e. The molecule has 0 aliphatic rings. The Kier molecular flexibility index (Phi) is 12.8. The number of imidazole rings is 1. The Labute approximate surface area is 472 Å². The van der Waals surface area contributed by atoms with Crippen molar-refractivity contribution < 1.29 is 18.2 Å². The maximum absolute atomic E-state index is 8.15. The van der Waals surface area contributed by atoms with Gasteiger partial charge in [0.25, 0.3) is 6.33 Å². The van der Waals surface area contributed by atoms with E-state index in [1.165, 1.54) is 0 Å². The number of rotatable bonds is 15. The maximum atomic E-state index is 8.15. The number of aromatic nitrogens is 4. The molecule has 0 radical (unpaired) electrons. The van der Waals surface area contributed by atoms with E-state index < -0.39 is 16.6 Å². The predicted molar refractivity (Wildman–Crippen MR) is 332 cm³/mol. The number of para-hydroxylation sites is 4. The molecule has 0 unspecified atom stereocenters. The molecule has 0 atom stereocenters. The number of nitrogens with zero attached hydrogens (tertiary/aromatic N) is 4. The summed E-state index contributed by atoms with van der Waals surface area (Å²) in [7, 11) is -6.84. The Morgan fingerprint density at radius 3 is 1.32 bits per heavy atom. The van der Waals surface area contributed by atoms with Gasteiger partial charge in [0.2, 0.25) is 0 Å². The van der Waals surface area contributed by atoms with Crippen LogP contribution in [0.25, 0.3) is 50.0 Å². The second-order valence-corrected chi connectivity index (χ2v) is 26.5. The molecule has 0 saturated carbocycles. The van der Waals surface area contributed by atoms with Gasteiger partial charge in [-0.05, 0) is 91.8 Å². The van der Waals surface area contributed by atoms with Crippen molar-refractivity contribution in [3.05, 3.63) is 322 Å². The van der Waals surface area contributed by atoms with Crippen molar-refractivity contribution in [2.75, 3.05) is 0 Å². The first-order chi connectivity index (χ1) is 40.2. The number of hydrogen-bond donors (Lipinski definition) is 0. The van der Waals surface area contributed by atoms with Gasteiger partial charge in [-0.25, -0.2) is 4.98 Å². The normalized spacial score (nSPS) is 11.7. The van der Waals surface area contributed by atoms with Crippen molar-refractivity contribution in [1.82, 2.24) is 14.1 Å². The SMILES string of the molecule is [c-]1n(-c2cccc(Oc3ccc4c5ccccc5n(-c5ccccn5)c4c3)c2)c2ccccc2[n+]1-c1c(O[Si](c2ccccc2)(c2ccccc2)c2ccccc2)cccc1O[Si](c1ccccc1)(c1ccccc1)c1ccccc1. The lowest BCUT2D eigenvalue weighted by Crippen LogP contribution is -2.72. The molecule has 14 rings (SSSR count). The summed E-state index contributed by atoms with van der Waals surface area (Å²) in [5.41, 5.74) is 5.48. The van der Waals surface area contributed by atoms with E-state index in [2.05, 4.69) is 293 Å². The van der Waals surface area contributed by atoms with Crippen LogP contribution in [0.4, 0.5) is 0 Å². The summed E-state index contributed by atoms with van der Waals surface area (Å²) in [4.78, 5) is 4.76. The Morgan fingerprint density at radius 2 is 0.802 bits per heavy atom. The van der Waals surface area contributed by atoms with E-state index in [0.29, 0.717) is 23.0 Å². The van der Waals surface area contributed by atoms with Crippen LogP contribution in [-0.4, -0.2) is 30.8 Å².